The Labute approximate surface area is 151 Å². The predicted octanol–water partition coefficient (Wildman–Crippen LogP) is 3.51. The van der Waals surface area contributed by atoms with Crippen molar-refractivity contribution in [2.24, 2.45) is 0 Å². The largest absolute Gasteiger partial charge is 0.285 e. The minimum absolute atomic E-state index is 0.161. The molecule has 0 saturated carbocycles. The molecule has 1 N–H and O–H groups in total. The number of benzene rings is 2. The van der Waals surface area contributed by atoms with Crippen LogP contribution < -0.4 is 5.43 Å². The number of nitrogens with zero attached hydrogens (tertiary/aromatic N) is 1. The highest BCUT2D eigenvalue weighted by atomic mass is 32.2. The molecule has 1 saturated heterocycles. The summed E-state index contributed by atoms with van der Waals surface area (Å²) in [5.41, 5.74) is 3.22. The van der Waals surface area contributed by atoms with Gasteiger partial charge in [-0.25, -0.2) is 8.78 Å². The van der Waals surface area contributed by atoms with E-state index in [-0.39, 0.29) is 15.7 Å². The Morgan fingerprint density at radius 3 is 2.20 bits per heavy atom. The Morgan fingerprint density at radius 1 is 1.04 bits per heavy atom. The van der Waals surface area contributed by atoms with Gasteiger partial charge >= 0.3 is 0 Å². The van der Waals surface area contributed by atoms with Gasteiger partial charge in [0.15, 0.2) is 4.32 Å². The summed E-state index contributed by atoms with van der Waals surface area (Å²) in [6.07, 6.45) is 1.56. The smallest absolute Gasteiger partial charge is 0.267 e. The van der Waals surface area contributed by atoms with Gasteiger partial charge in [-0.1, -0.05) is 23.9 Å². The Balaban J connectivity index is 1.76. The van der Waals surface area contributed by atoms with Crippen molar-refractivity contribution in [3.63, 3.8) is 0 Å². The molecule has 4 nitrogen and oxygen atoms in total. The molecule has 25 heavy (non-hydrogen) atoms. The molecule has 0 unspecified atom stereocenters. The zero-order chi connectivity index (χ0) is 18.0. The molecule has 1 aliphatic heterocycles. The molecular weight excluding hydrogens is 366 g/mol. The van der Waals surface area contributed by atoms with Gasteiger partial charge in [-0.3, -0.25) is 15.0 Å². The van der Waals surface area contributed by atoms with Crippen molar-refractivity contribution in [3.8, 4) is 0 Å². The molecule has 0 spiro atoms. The van der Waals surface area contributed by atoms with Gasteiger partial charge in [0.05, 0.1) is 4.91 Å². The summed E-state index contributed by atoms with van der Waals surface area (Å²) in [5.74, 6) is -1.92. The minimum atomic E-state index is -0.584. The van der Waals surface area contributed by atoms with Crippen molar-refractivity contribution >= 4 is 46.2 Å². The summed E-state index contributed by atoms with van der Waals surface area (Å²) in [6.45, 7) is 0. The molecule has 126 valence electrons. The van der Waals surface area contributed by atoms with E-state index in [4.69, 9.17) is 12.2 Å². The van der Waals surface area contributed by atoms with E-state index in [9.17, 15) is 18.4 Å². The standard InChI is InChI=1S/C17H10F2N2O2S2/c18-12-5-1-10(2-6-12)9-14-16(23)21(17(24)25-14)20-15(22)11-3-7-13(19)8-4-11/h1-9H,(H,20,22)/b14-9+. The number of rotatable bonds is 3. The second-order valence-electron chi connectivity index (χ2n) is 5.02. The number of halogens is 2. The van der Waals surface area contributed by atoms with Gasteiger partial charge in [0.2, 0.25) is 0 Å². The third kappa shape index (κ3) is 3.92. The first kappa shape index (κ1) is 17.2. The Bertz CT molecular complexity index is 881. The maximum Gasteiger partial charge on any atom is 0.285 e. The second kappa shape index (κ2) is 7.12. The van der Waals surface area contributed by atoms with Crippen LogP contribution in [0.25, 0.3) is 6.08 Å². The average Bonchev–Trinajstić information content (AvgIpc) is 2.85. The van der Waals surface area contributed by atoms with E-state index < -0.39 is 17.6 Å². The van der Waals surface area contributed by atoms with Gasteiger partial charge in [0.25, 0.3) is 11.8 Å². The maximum absolute atomic E-state index is 12.9. The third-order valence-corrected chi connectivity index (χ3v) is 4.58. The second-order valence-corrected chi connectivity index (χ2v) is 6.69. The first-order valence-electron chi connectivity index (χ1n) is 7.04. The van der Waals surface area contributed by atoms with Crippen LogP contribution in [0.15, 0.2) is 53.4 Å². The number of nitrogens with one attached hydrogen (secondary N) is 1. The van der Waals surface area contributed by atoms with Crippen molar-refractivity contribution in [2.45, 2.75) is 0 Å². The van der Waals surface area contributed by atoms with Crippen molar-refractivity contribution in [2.75, 3.05) is 0 Å². The molecule has 1 fully saturated rings. The molecule has 1 aliphatic rings. The number of thiocarbonyl (C=S) groups is 1. The van der Waals surface area contributed by atoms with Gasteiger partial charge in [-0.2, -0.15) is 5.01 Å². The molecule has 1 heterocycles. The van der Waals surface area contributed by atoms with Crippen LogP contribution in [-0.2, 0) is 4.79 Å². The molecule has 0 atom stereocenters. The summed E-state index contributed by atoms with van der Waals surface area (Å²) in [7, 11) is 0. The quantitative estimate of drug-likeness (QED) is 0.658. The van der Waals surface area contributed by atoms with Crippen molar-refractivity contribution in [1.29, 1.82) is 0 Å². The fraction of sp³-hybridized carbons (Fsp3) is 0. The SMILES string of the molecule is O=C(NN1C(=O)/C(=C\c2ccc(F)cc2)SC1=S)c1ccc(F)cc1. The van der Waals surface area contributed by atoms with Crippen LogP contribution in [-0.4, -0.2) is 21.1 Å². The molecule has 3 rings (SSSR count). The Kier molecular flexibility index (Phi) is 4.91. The normalized spacial score (nSPS) is 15.8. The van der Waals surface area contributed by atoms with Gasteiger partial charge in [-0.05, 0) is 60.3 Å². The zero-order valence-electron chi connectivity index (χ0n) is 12.5. The summed E-state index contributed by atoms with van der Waals surface area (Å²) < 4.78 is 26.0. The van der Waals surface area contributed by atoms with Crippen LogP contribution in [0.5, 0.6) is 0 Å². The molecule has 2 aromatic rings. The summed E-state index contributed by atoms with van der Waals surface area (Å²) in [4.78, 5) is 24.9. The highest BCUT2D eigenvalue weighted by molar-refractivity contribution is 8.26. The van der Waals surface area contributed by atoms with Gasteiger partial charge in [0, 0.05) is 5.56 Å². The summed E-state index contributed by atoms with van der Waals surface area (Å²) >= 11 is 6.13. The number of amides is 2. The number of hydrazine groups is 1. The molecule has 2 aromatic carbocycles. The Morgan fingerprint density at radius 2 is 1.60 bits per heavy atom. The lowest BCUT2D eigenvalue weighted by molar-refractivity contribution is -0.123. The lowest BCUT2D eigenvalue weighted by Gasteiger charge is -2.15. The molecule has 0 aliphatic carbocycles. The van der Waals surface area contributed by atoms with Gasteiger partial charge in [-0.15, -0.1) is 0 Å². The summed E-state index contributed by atoms with van der Waals surface area (Å²) in [6, 6.07) is 10.5. The van der Waals surface area contributed by atoms with Crippen LogP contribution in [0.3, 0.4) is 0 Å². The van der Waals surface area contributed by atoms with Crippen LogP contribution in [0.2, 0.25) is 0 Å². The first-order chi connectivity index (χ1) is 11.9. The average molecular weight is 376 g/mol. The van der Waals surface area contributed by atoms with E-state index in [1.807, 2.05) is 0 Å². The molecular formula is C17H10F2N2O2S2. The van der Waals surface area contributed by atoms with E-state index in [2.05, 4.69) is 5.43 Å². The topological polar surface area (TPSA) is 49.4 Å². The Hall–Kier alpha value is -2.58. The number of hydrogen-bond donors (Lipinski definition) is 1. The molecule has 0 aromatic heterocycles. The van der Waals surface area contributed by atoms with Crippen LogP contribution in [0.1, 0.15) is 15.9 Å². The van der Waals surface area contributed by atoms with E-state index in [1.54, 1.807) is 6.08 Å². The first-order valence-corrected chi connectivity index (χ1v) is 8.26. The van der Waals surface area contributed by atoms with E-state index >= 15 is 0 Å². The van der Waals surface area contributed by atoms with Crippen LogP contribution in [0, 0.1) is 11.6 Å². The number of carbonyl (C=O) groups excluding carboxylic acids is 2. The monoisotopic (exact) mass is 376 g/mol. The minimum Gasteiger partial charge on any atom is -0.267 e. The predicted molar refractivity (Wildman–Crippen MR) is 95.3 cm³/mol. The molecule has 0 bridgehead atoms. The summed E-state index contributed by atoms with van der Waals surface area (Å²) in [5, 5.41) is 0.959. The number of hydrogen-bond acceptors (Lipinski definition) is 4. The van der Waals surface area contributed by atoms with Crippen molar-refractivity contribution in [1.82, 2.24) is 10.4 Å². The van der Waals surface area contributed by atoms with E-state index in [0.29, 0.717) is 10.5 Å². The third-order valence-electron chi connectivity index (χ3n) is 3.28. The van der Waals surface area contributed by atoms with E-state index in [0.717, 1.165) is 28.9 Å². The number of thioether (sulfide) groups is 1. The number of carbonyl (C=O) groups is 2. The van der Waals surface area contributed by atoms with Crippen molar-refractivity contribution in [3.05, 3.63) is 76.2 Å². The fourth-order valence-corrected chi connectivity index (χ4v) is 3.22. The van der Waals surface area contributed by atoms with Crippen molar-refractivity contribution < 1.29 is 18.4 Å². The van der Waals surface area contributed by atoms with Crippen LogP contribution >= 0.6 is 24.0 Å². The molecule has 0 radical (unpaired) electrons. The highest BCUT2D eigenvalue weighted by Gasteiger charge is 2.33. The fourth-order valence-electron chi connectivity index (χ4n) is 2.04. The maximum atomic E-state index is 12.9. The van der Waals surface area contributed by atoms with E-state index in [1.165, 1.54) is 36.4 Å². The molecule has 2 amide bonds. The van der Waals surface area contributed by atoms with Crippen LogP contribution in [0.4, 0.5) is 8.78 Å². The lowest BCUT2D eigenvalue weighted by Crippen LogP contribution is -2.44. The van der Waals surface area contributed by atoms with Gasteiger partial charge in [0.1, 0.15) is 11.6 Å². The highest BCUT2D eigenvalue weighted by Crippen LogP contribution is 2.31. The lowest BCUT2D eigenvalue weighted by atomic mass is 10.2. The zero-order valence-corrected chi connectivity index (χ0v) is 14.2. The van der Waals surface area contributed by atoms with Gasteiger partial charge < -0.3 is 0 Å². The molecule has 8 heteroatoms.